The second-order valence-electron chi connectivity index (χ2n) is 12.6. The van der Waals surface area contributed by atoms with E-state index in [1.165, 1.54) is 0 Å². The third kappa shape index (κ3) is 5.10. The molecule has 2 aliphatic heterocycles. The molecule has 3 aliphatic rings. The standard InChI is InChI=1S/C31H39ClN2O3/c1-30(2,3)18-27-31(23-14-11-21(32)17-25(23)33-29(31)37)24(15-19-7-5-4-6-8-19)28(34-27)26(36)16-20-9-12-22(35)13-10-20/h4-8,11,14,17,20,22,24,27-28,34-35H,9-10,12-13,15-16,18H2,1-3H3,(H,33,37). The summed E-state index contributed by atoms with van der Waals surface area (Å²) in [5.74, 6) is 0.208. The Bertz CT molecular complexity index is 1150. The number of aliphatic hydroxyl groups excluding tert-OH is 1. The molecule has 1 amide bonds. The lowest BCUT2D eigenvalue weighted by atomic mass is 9.62. The maximum atomic E-state index is 14.1. The summed E-state index contributed by atoms with van der Waals surface area (Å²) in [6, 6.07) is 15.3. The second-order valence-corrected chi connectivity index (χ2v) is 13.1. The maximum absolute atomic E-state index is 14.1. The van der Waals surface area contributed by atoms with Crippen molar-refractivity contribution in [3.05, 3.63) is 64.7 Å². The van der Waals surface area contributed by atoms with Gasteiger partial charge in [0.1, 0.15) is 5.78 Å². The van der Waals surface area contributed by atoms with Crippen LogP contribution in [0.15, 0.2) is 48.5 Å². The number of carbonyl (C=O) groups excluding carboxylic acids is 2. The highest BCUT2D eigenvalue weighted by molar-refractivity contribution is 6.31. The summed E-state index contributed by atoms with van der Waals surface area (Å²) in [6.45, 7) is 6.56. The first-order chi connectivity index (χ1) is 17.6. The van der Waals surface area contributed by atoms with Gasteiger partial charge in [0, 0.05) is 29.1 Å². The van der Waals surface area contributed by atoms with E-state index in [0.717, 1.165) is 48.9 Å². The molecule has 5 rings (SSSR count). The Balaban J connectivity index is 1.58. The van der Waals surface area contributed by atoms with E-state index in [9.17, 15) is 14.7 Å². The lowest BCUT2D eigenvalue weighted by Gasteiger charge is -2.37. The molecule has 5 nitrogen and oxygen atoms in total. The molecule has 1 saturated heterocycles. The van der Waals surface area contributed by atoms with Crippen molar-refractivity contribution in [3.8, 4) is 0 Å². The number of amides is 1. The van der Waals surface area contributed by atoms with Gasteiger partial charge in [0.05, 0.1) is 17.6 Å². The van der Waals surface area contributed by atoms with Gasteiger partial charge < -0.3 is 15.7 Å². The van der Waals surface area contributed by atoms with Gasteiger partial charge in [0.2, 0.25) is 5.91 Å². The number of nitrogens with one attached hydrogen (secondary N) is 2. The molecule has 1 aliphatic carbocycles. The van der Waals surface area contributed by atoms with Crippen LogP contribution in [0.3, 0.4) is 0 Å². The predicted octanol–water partition coefficient (Wildman–Crippen LogP) is 5.68. The van der Waals surface area contributed by atoms with Crippen LogP contribution in [0.5, 0.6) is 0 Å². The predicted molar refractivity (Wildman–Crippen MR) is 148 cm³/mol. The van der Waals surface area contributed by atoms with Crippen LogP contribution in [0.2, 0.25) is 5.02 Å². The van der Waals surface area contributed by atoms with Gasteiger partial charge in [0.15, 0.2) is 0 Å². The number of ketones is 1. The number of carbonyl (C=O) groups is 2. The number of hydrogen-bond acceptors (Lipinski definition) is 4. The number of aliphatic hydroxyl groups is 1. The summed E-state index contributed by atoms with van der Waals surface area (Å²) in [5, 5.41) is 17.4. The average Bonchev–Trinajstić information content (AvgIpc) is 3.30. The summed E-state index contributed by atoms with van der Waals surface area (Å²) >= 11 is 6.33. The Morgan fingerprint density at radius 2 is 1.78 bits per heavy atom. The summed E-state index contributed by atoms with van der Waals surface area (Å²) in [5.41, 5.74) is 1.91. The SMILES string of the molecule is CC(C)(C)CC1NC(C(=O)CC2CCC(O)CC2)C(Cc2ccccc2)C12C(=O)Nc1cc(Cl)ccc12. The van der Waals surface area contributed by atoms with Crippen molar-refractivity contribution in [2.24, 2.45) is 17.3 Å². The van der Waals surface area contributed by atoms with E-state index in [0.29, 0.717) is 17.9 Å². The summed E-state index contributed by atoms with van der Waals surface area (Å²) < 4.78 is 0. The summed E-state index contributed by atoms with van der Waals surface area (Å²) in [7, 11) is 0. The number of fused-ring (bicyclic) bond motifs is 2. The van der Waals surface area contributed by atoms with E-state index in [-0.39, 0.29) is 41.1 Å². The number of hydrogen-bond donors (Lipinski definition) is 3. The molecule has 37 heavy (non-hydrogen) atoms. The largest absolute Gasteiger partial charge is 0.393 e. The van der Waals surface area contributed by atoms with E-state index < -0.39 is 11.5 Å². The number of Topliss-reactive ketones (excluding diaryl/α,β-unsaturated/α-hetero) is 1. The van der Waals surface area contributed by atoms with Gasteiger partial charge in [-0.15, -0.1) is 0 Å². The quantitative estimate of drug-likeness (QED) is 0.456. The third-order valence-electron chi connectivity index (χ3n) is 8.74. The molecule has 2 fully saturated rings. The molecule has 0 radical (unpaired) electrons. The van der Waals surface area contributed by atoms with Crippen molar-refractivity contribution in [1.82, 2.24) is 5.32 Å². The van der Waals surface area contributed by atoms with Crippen molar-refractivity contribution < 1.29 is 14.7 Å². The van der Waals surface area contributed by atoms with Crippen LogP contribution in [0, 0.1) is 17.3 Å². The maximum Gasteiger partial charge on any atom is 0.237 e. The van der Waals surface area contributed by atoms with Gasteiger partial charge in [-0.25, -0.2) is 0 Å². The topological polar surface area (TPSA) is 78.4 Å². The smallest absolute Gasteiger partial charge is 0.237 e. The van der Waals surface area contributed by atoms with Crippen LogP contribution in [0.25, 0.3) is 0 Å². The molecular weight excluding hydrogens is 484 g/mol. The van der Waals surface area contributed by atoms with E-state index in [1.807, 2.05) is 36.4 Å². The fourth-order valence-corrected chi connectivity index (χ4v) is 7.26. The number of halogens is 1. The van der Waals surface area contributed by atoms with Crippen LogP contribution in [-0.2, 0) is 21.4 Å². The highest BCUT2D eigenvalue weighted by Gasteiger charge is 2.64. The zero-order chi connectivity index (χ0) is 26.4. The normalized spacial score (nSPS) is 31.4. The van der Waals surface area contributed by atoms with E-state index in [1.54, 1.807) is 0 Å². The highest BCUT2D eigenvalue weighted by atomic mass is 35.5. The van der Waals surface area contributed by atoms with Crippen molar-refractivity contribution in [3.63, 3.8) is 0 Å². The second kappa shape index (κ2) is 10.2. The van der Waals surface area contributed by atoms with Crippen LogP contribution in [0.1, 0.15) is 70.4 Å². The monoisotopic (exact) mass is 522 g/mol. The first kappa shape index (κ1) is 26.4. The van der Waals surface area contributed by atoms with Gasteiger partial charge in [-0.05, 0) is 73.1 Å². The number of rotatable bonds is 6. The lowest BCUT2D eigenvalue weighted by Crippen LogP contribution is -2.50. The highest BCUT2D eigenvalue weighted by Crippen LogP contribution is 2.54. The zero-order valence-corrected chi connectivity index (χ0v) is 22.9. The van der Waals surface area contributed by atoms with Crippen LogP contribution in [0.4, 0.5) is 5.69 Å². The third-order valence-corrected chi connectivity index (χ3v) is 8.97. The molecule has 3 N–H and O–H groups in total. The van der Waals surface area contributed by atoms with Crippen molar-refractivity contribution in [1.29, 1.82) is 0 Å². The molecule has 2 aromatic carbocycles. The van der Waals surface area contributed by atoms with Gasteiger partial charge in [-0.2, -0.15) is 0 Å². The van der Waals surface area contributed by atoms with Crippen molar-refractivity contribution in [2.45, 2.75) is 89.3 Å². The average molecular weight is 523 g/mol. The van der Waals surface area contributed by atoms with Gasteiger partial charge in [-0.3, -0.25) is 9.59 Å². The lowest BCUT2D eigenvalue weighted by molar-refractivity contribution is -0.124. The Kier molecular flexibility index (Phi) is 7.25. The Labute approximate surface area is 225 Å². The molecule has 0 aromatic heterocycles. The summed E-state index contributed by atoms with van der Waals surface area (Å²) in [6.07, 6.45) is 4.91. The van der Waals surface area contributed by atoms with Crippen molar-refractivity contribution >= 4 is 29.0 Å². The molecule has 1 spiro atoms. The molecule has 2 heterocycles. The van der Waals surface area contributed by atoms with Crippen molar-refractivity contribution in [2.75, 3.05) is 5.32 Å². The fourth-order valence-electron chi connectivity index (χ4n) is 7.09. The first-order valence-corrected chi connectivity index (χ1v) is 14.1. The zero-order valence-electron chi connectivity index (χ0n) is 22.1. The molecule has 2 aromatic rings. The molecule has 1 saturated carbocycles. The molecule has 0 bridgehead atoms. The van der Waals surface area contributed by atoms with E-state index in [2.05, 4.69) is 43.5 Å². The van der Waals surface area contributed by atoms with Crippen LogP contribution in [-0.4, -0.2) is 35.0 Å². The Morgan fingerprint density at radius 1 is 1.08 bits per heavy atom. The van der Waals surface area contributed by atoms with Gasteiger partial charge >= 0.3 is 0 Å². The Morgan fingerprint density at radius 3 is 2.46 bits per heavy atom. The van der Waals surface area contributed by atoms with E-state index >= 15 is 0 Å². The molecule has 198 valence electrons. The number of benzene rings is 2. The van der Waals surface area contributed by atoms with Gasteiger partial charge in [-0.1, -0.05) is 68.8 Å². The fraction of sp³-hybridized carbons (Fsp3) is 0.548. The molecule has 6 heteroatoms. The molecule has 4 atom stereocenters. The van der Waals surface area contributed by atoms with Gasteiger partial charge in [0.25, 0.3) is 0 Å². The Hall–Kier alpha value is -2.21. The minimum absolute atomic E-state index is 0.0384. The summed E-state index contributed by atoms with van der Waals surface area (Å²) in [4.78, 5) is 28.2. The van der Waals surface area contributed by atoms with E-state index in [4.69, 9.17) is 11.6 Å². The molecule has 4 unspecified atom stereocenters. The number of anilines is 1. The van der Waals surface area contributed by atoms with Crippen LogP contribution >= 0.6 is 11.6 Å². The molecular formula is C31H39ClN2O3. The minimum Gasteiger partial charge on any atom is -0.393 e. The van der Waals surface area contributed by atoms with Crippen LogP contribution < -0.4 is 10.6 Å². The minimum atomic E-state index is -0.869. The first-order valence-electron chi connectivity index (χ1n) is 13.7.